The highest BCUT2D eigenvalue weighted by molar-refractivity contribution is 9.10. The number of halogens is 1. The van der Waals surface area contributed by atoms with Crippen molar-refractivity contribution >= 4 is 33.4 Å². The van der Waals surface area contributed by atoms with E-state index in [9.17, 15) is 9.59 Å². The molecule has 21 heavy (non-hydrogen) atoms. The van der Waals surface area contributed by atoms with Gasteiger partial charge in [-0.1, -0.05) is 11.2 Å². The van der Waals surface area contributed by atoms with Crippen LogP contribution in [-0.4, -0.2) is 21.9 Å². The van der Waals surface area contributed by atoms with E-state index < -0.39 is 5.91 Å². The highest BCUT2D eigenvalue weighted by atomic mass is 79.9. The predicted octanol–water partition coefficient (Wildman–Crippen LogP) is 1.48. The minimum absolute atomic E-state index is 0.0408. The lowest BCUT2D eigenvalue weighted by Crippen LogP contribution is -2.18. The molecule has 8 heteroatoms. The number of oxime groups is 1. The van der Waals surface area contributed by atoms with Gasteiger partial charge in [-0.05, 0) is 40.2 Å². The summed E-state index contributed by atoms with van der Waals surface area (Å²) in [6.07, 6.45) is 0. The molecule has 0 spiro atoms. The zero-order valence-electron chi connectivity index (χ0n) is 10.6. The number of aromatic nitrogens is 1. The van der Waals surface area contributed by atoms with Crippen molar-refractivity contribution in [3.05, 3.63) is 62.5 Å². The smallest absolute Gasteiger partial charge is 0.272 e. The molecule has 0 aliphatic rings. The van der Waals surface area contributed by atoms with E-state index in [2.05, 4.69) is 31.4 Å². The number of hydrogen-bond donors (Lipinski definition) is 4. The maximum atomic E-state index is 12.0. The zero-order valence-corrected chi connectivity index (χ0v) is 12.2. The average Bonchev–Trinajstić information content (AvgIpc) is 2.48. The molecule has 1 aromatic heterocycles. The van der Waals surface area contributed by atoms with E-state index >= 15 is 0 Å². The van der Waals surface area contributed by atoms with Gasteiger partial charge < -0.3 is 21.2 Å². The van der Waals surface area contributed by atoms with Crippen molar-refractivity contribution in [2.24, 2.45) is 10.9 Å². The highest BCUT2D eigenvalue weighted by Gasteiger charge is 2.10. The Morgan fingerprint density at radius 1 is 1.33 bits per heavy atom. The molecule has 0 radical (unpaired) electrons. The number of amides is 1. The number of nitrogens with one attached hydrogen (secondary N) is 2. The van der Waals surface area contributed by atoms with Crippen LogP contribution in [0, 0.1) is 0 Å². The van der Waals surface area contributed by atoms with E-state index in [0.717, 1.165) is 0 Å². The van der Waals surface area contributed by atoms with Gasteiger partial charge in [0, 0.05) is 16.1 Å². The fourth-order valence-corrected chi connectivity index (χ4v) is 2.08. The van der Waals surface area contributed by atoms with Crippen molar-refractivity contribution < 1.29 is 10.0 Å². The molecular formula is C13H11BrN4O3. The van der Waals surface area contributed by atoms with Gasteiger partial charge in [0.15, 0.2) is 5.84 Å². The Morgan fingerprint density at radius 3 is 2.71 bits per heavy atom. The van der Waals surface area contributed by atoms with Crippen molar-refractivity contribution in [2.75, 3.05) is 5.32 Å². The Kier molecular flexibility index (Phi) is 4.39. The topological polar surface area (TPSA) is 121 Å². The Morgan fingerprint density at radius 2 is 2.10 bits per heavy atom. The molecule has 0 saturated heterocycles. The third-order valence-electron chi connectivity index (χ3n) is 2.63. The van der Waals surface area contributed by atoms with E-state index in [-0.39, 0.29) is 17.1 Å². The maximum Gasteiger partial charge on any atom is 0.272 e. The van der Waals surface area contributed by atoms with Crippen LogP contribution in [0.4, 0.5) is 5.69 Å². The fourth-order valence-electron chi connectivity index (χ4n) is 1.60. The second kappa shape index (κ2) is 6.23. The molecule has 0 aliphatic carbocycles. The normalized spacial score (nSPS) is 11.2. The summed E-state index contributed by atoms with van der Waals surface area (Å²) in [6.45, 7) is 0. The number of aromatic amines is 1. The summed E-state index contributed by atoms with van der Waals surface area (Å²) in [5.41, 5.74) is 6.25. The first-order valence-corrected chi connectivity index (χ1v) is 6.58. The van der Waals surface area contributed by atoms with Crippen LogP contribution in [0.15, 0.2) is 50.8 Å². The standard InChI is InChI=1S/C13H11BrN4O3/c14-8-6-7(12(15)18-21)4-5-9(8)17-13(20)10-2-1-3-11(19)16-10/h1-6,21H,(H2,15,18)(H,16,19)(H,17,20). The molecule has 0 atom stereocenters. The van der Waals surface area contributed by atoms with Gasteiger partial charge in [-0.15, -0.1) is 0 Å². The monoisotopic (exact) mass is 350 g/mol. The Labute approximate surface area is 127 Å². The highest BCUT2D eigenvalue weighted by Crippen LogP contribution is 2.24. The van der Waals surface area contributed by atoms with E-state index in [4.69, 9.17) is 10.9 Å². The second-order valence-electron chi connectivity index (χ2n) is 4.06. The molecule has 5 N–H and O–H groups in total. The minimum Gasteiger partial charge on any atom is -0.409 e. The van der Waals surface area contributed by atoms with Gasteiger partial charge in [-0.2, -0.15) is 0 Å². The maximum absolute atomic E-state index is 12.0. The average molecular weight is 351 g/mol. The molecule has 108 valence electrons. The van der Waals surface area contributed by atoms with Gasteiger partial charge in [0.05, 0.1) is 5.69 Å². The van der Waals surface area contributed by atoms with E-state index in [1.807, 2.05) is 0 Å². The lowest BCUT2D eigenvalue weighted by Gasteiger charge is -2.08. The Hall–Kier alpha value is -2.61. The van der Waals surface area contributed by atoms with Crippen LogP contribution < -0.4 is 16.6 Å². The molecule has 0 bridgehead atoms. The summed E-state index contributed by atoms with van der Waals surface area (Å²) in [5.74, 6) is -0.495. The molecule has 1 heterocycles. The third kappa shape index (κ3) is 3.48. The van der Waals surface area contributed by atoms with Crippen molar-refractivity contribution in [3.63, 3.8) is 0 Å². The number of benzene rings is 1. The van der Waals surface area contributed by atoms with Crippen LogP contribution >= 0.6 is 15.9 Å². The van der Waals surface area contributed by atoms with Gasteiger partial charge in [-0.25, -0.2) is 0 Å². The van der Waals surface area contributed by atoms with Gasteiger partial charge >= 0.3 is 0 Å². The summed E-state index contributed by atoms with van der Waals surface area (Å²) < 4.78 is 0.554. The van der Waals surface area contributed by atoms with Crippen molar-refractivity contribution in [2.45, 2.75) is 0 Å². The van der Waals surface area contributed by atoms with Crippen molar-refractivity contribution in [1.82, 2.24) is 4.98 Å². The largest absolute Gasteiger partial charge is 0.409 e. The SMILES string of the molecule is N/C(=N/O)c1ccc(NC(=O)c2cccc(=O)[nH]2)c(Br)c1. The van der Waals surface area contributed by atoms with Crippen LogP contribution in [0.5, 0.6) is 0 Å². The lowest BCUT2D eigenvalue weighted by atomic mass is 10.2. The number of rotatable bonds is 3. The van der Waals surface area contributed by atoms with Crippen molar-refractivity contribution in [3.8, 4) is 0 Å². The van der Waals surface area contributed by atoms with Crippen LogP contribution in [0.25, 0.3) is 0 Å². The summed E-state index contributed by atoms with van der Waals surface area (Å²) in [6, 6.07) is 9.08. The Bertz CT molecular complexity index is 770. The number of anilines is 1. The first-order valence-electron chi connectivity index (χ1n) is 5.79. The van der Waals surface area contributed by atoms with Crippen molar-refractivity contribution in [1.29, 1.82) is 0 Å². The number of hydrogen-bond acceptors (Lipinski definition) is 4. The zero-order chi connectivity index (χ0) is 15.4. The number of carbonyl (C=O) groups is 1. The van der Waals surface area contributed by atoms with Gasteiger partial charge in [0.2, 0.25) is 5.56 Å². The van der Waals surface area contributed by atoms with Gasteiger partial charge in [-0.3, -0.25) is 9.59 Å². The molecular weight excluding hydrogens is 340 g/mol. The first kappa shape index (κ1) is 14.8. The molecule has 2 rings (SSSR count). The van der Waals surface area contributed by atoms with Crippen LogP contribution in [-0.2, 0) is 0 Å². The number of carbonyl (C=O) groups excluding carboxylic acids is 1. The summed E-state index contributed by atoms with van der Waals surface area (Å²) in [4.78, 5) is 25.6. The number of nitrogens with zero attached hydrogens (tertiary/aromatic N) is 1. The summed E-state index contributed by atoms with van der Waals surface area (Å²) >= 11 is 3.28. The van der Waals surface area contributed by atoms with E-state index in [1.54, 1.807) is 18.2 Å². The number of pyridine rings is 1. The molecule has 2 aromatic rings. The fraction of sp³-hybridized carbons (Fsp3) is 0. The molecule has 0 unspecified atom stereocenters. The van der Waals surface area contributed by atoms with E-state index in [0.29, 0.717) is 15.7 Å². The predicted molar refractivity (Wildman–Crippen MR) is 81.7 cm³/mol. The number of nitrogens with two attached hydrogens (primary N) is 1. The summed E-state index contributed by atoms with van der Waals surface area (Å²) in [5, 5.41) is 14.1. The molecule has 0 fully saturated rings. The molecule has 7 nitrogen and oxygen atoms in total. The number of amidine groups is 1. The van der Waals surface area contributed by atoms with Crippen LogP contribution in [0.1, 0.15) is 16.1 Å². The van der Waals surface area contributed by atoms with Crippen LogP contribution in [0.3, 0.4) is 0 Å². The number of H-pyrrole nitrogens is 1. The van der Waals surface area contributed by atoms with E-state index in [1.165, 1.54) is 18.2 Å². The van der Waals surface area contributed by atoms with Gasteiger partial charge in [0.1, 0.15) is 5.69 Å². The third-order valence-corrected chi connectivity index (χ3v) is 3.29. The molecule has 0 saturated carbocycles. The molecule has 1 aromatic carbocycles. The van der Waals surface area contributed by atoms with Crippen LogP contribution in [0.2, 0.25) is 0 Å². The Balaban J connectivity index is 2.24. The minimum atomic E-state index is -0.454. The first-order chi connectivity index (χ1) is 10.0. The quantitative estimate of drug-likeness (QED) is 0.290. The molecule has 1 amide bonds. The molecule has 0 aliphatic heterocycles. The van der Waals surface area contributed by atoms with Gasteiger partial charge in [0.25, 0.3) is 5.91 Å². The second-order valence-corrected chi connectivity index (χ2v) is 4.92. The summed E-state index contributed by atoms with van der Waals surface area (Å²) in [7, 11) is 0. The lowest BCUT2D eigenvalue weighted by molar-refractivity contribution is 0.102.